The molecule has 15 heteroatoms. The van der Waals surface area contributed by atoms with E-state index in [1.165, 1.54) is 0 Å². The molecule has 0 unspecified atom stereocenters. The van der Waals surface area contributed by atoms with Crippen molar-refractivity contribution < 1.29 is 60.7 Å². The minimum absolute atomic E-state index is 0. The Bertz CT molecular complexity index is 1600. The van der Waals surface area contributed by atoms with Gasteiger partial charge in [-0.2, -0.15) is 0 Å². The van der Waals surface area contributed by atoms with Gasteiger partial charge in [0.05, 0.1) is 0 Å². The Morgan fingerprint density at radius 1 is 0.750 bits per heavy atom. The fourth-order valence-corrected chi connectivity index (χ4v) is 4.06. The Labute approximate surface area is 278 Å². The van der Waals surface area contributed by atoms with Gasteiger partial charge in [0, 0.05) is 56.9 Å². The summed E-state index contributed by atoms with van der Waals surface area (Å²) in [6.45, 7) is 8.85. The van der Waals surface area contributed by atoms with Crippen LogP contribution in [0.4, 0.5) is 12.0 Å². The number of likely N-dealkylation sites (tertiary alicyclic amines) is 1. The van der Waals surface area contributed by atoms with Crippen molar-refractivity contribution in [2.75, 3.05) is 30.3 Å². The monoisotopic (exact) mass is 676 g/mol. The van der Waals surface area contributed by atoms with Gasteiger partial charge in [-0.15, -0.1) is 16.7 Å². The fraction of sp³-hybridized carbons (Fsp3) is 0.276. The molecule has 0 bridgehead atoms. The molecule has 1 aliphatic heterocycles. The van der Waals surface area contributed by atoms with Gasteiger partial charge >= 0.3 is 35.6 Å². The second kappa shape index (κ2) is 16.5. The van der Waals surface area contributed by atoms with Gasteiger partial charge in [-0.25, -0.2) is 0 Å². The number of hydrogen-bond acceptors (Lipinski definition) is 10. The first-order chi connectivity index (χ1) is 20.7. The Morgan fingerprint density at radius 3 is 1.75 bits per heavy atom. The molecule has 4 amide bonds. The van der Waals surface area contributed by atoms with Crippen LogP contribution in [0.2, 0.25) is 0 Å². The quantitative estimate of drug-likeness (QED) is 0.245. The van der Waals surface area contributed by atoms with Crippen LogP contribution in [0.5, 0.6) is 0 Å². The van der Waals surface area contributed by atoms with Crippen LogP contribution in [-0.4, -0.2) is 68.6 Å². The third-order valence-corrected chi connectivity index (χ3v) is 6.16. The van der Waals surface area contributed by atoms with E-state index in [9.17, 15) is 19.2 Å². The van der Waals surface area contributed by atoms with Gasteiger partial charge in [0.25, 0.3) is 11.8 Å². The molecular weight excluding hydrogens is 645 g/mol. The predicted octanol–water partition coefficient (Wildman–Crippen LogP) is 3.45. The zero-order valence-electron chi connectivity index (χ0n) is 24.3. The molecule has 0 saturated carbocycles. The van der Waals surface area contributed by atoms with Gasteiger partial charge in [0.15, 0.2) is 0 Å². The number of carbonyl (C=O) groups excluding carboxylic acids is 4. The average molecular weight is 677 g/mol. The van der Waals surface area contributed by atoms with E-state index in [4.69, 9.17) is 8.83 Å². The van der Waals surface area contributed by atoms with Gasteiger partial charge in [0.1, 0.15) is 0 Å². The summed E-state index contributed by atoms with van der Waals surface area (Å²) in [5, 5.41) is 21.9. The van der Waals surface area contributed by atoms with Crippen molar-refractivity contribution in [3.63, 3.8) is 0 Å². The van der Waals surface area contributed by atoms with Gasteiger partial charge < -0.3 is 26.0 Å². The molecule has 0 spiro atoms. The first kappa shape index (κ1) is 34.2. The van der Waals surface area contributed by atoms with E-state index < -0.39 is 5.91 Å². The predicted molar refractivity (Wildman–Crippen MR) is 154 cm³/mol. The third kappa shape index (κ3) is 9.61. The molecule has 1 aliphatic rings. The molecule has 3 heterocycles. The molecule has 1 saturated heterocycles. The van der Waals surface area contributed by atoms with Gasteiger partial charge in [-0.05, 0) is 57.4 Å². The largest absolute Gasteiger partial charge is 0.399 e. The first-order valence-corrected chi connectivity index (χ1v) is 13.5. The normalized spacial score (nSPS) is 12.2. The number of hydrogen-bond donors (Lipinski definition) is 3. The molecule has 5 rings (SSSR count). The van der Waals surface area contributed by atoms with E-state index in [0.717, 1.165) is 30.4 Å². The van der Waals surface area contributed by atoms with Crippen LogP contribution < -0.4 is 16.0 Å². The number of amides is 4. The maximum absolute atomic E-state index is 12.2. The summed E-state index contributed by atoms with van der Waals surface area (Å²) in [6, 6.07) is 14.0. The average Bonchev–Trinajstić information content (AvgIpc) is 3.68. The first-order valence-electron chi connectivity index (χ1n) is 13.5. The summed E-state index contributed by atoms with van der Waals surface area (Å²) in [5.74, 6) is -1.88. The molecule has 227 valence electrons. The SMILES string of the molecule is Cc1cccc(C(=O)Nc2nnc(C(=O)N3CCCCC3)o2)c1.[CH2-]CNC(=O)c1nnc(NC(=O)c2cccc(C)c2)o1.[Y]. The van der Waals surface area contributed by atoms with Crippen molar-refractivity contribution in [2.45, 2.75) is 33.1 Å². The van der Waals surface area contributed by atoms with Crippen LogP contribution in [0.1, 0.15) is 72.5 Å². The van der Waals surface area contributed by atoms with E-state index in [0.29, 0.717) is 24.2 Å². The molecule has 4 aromatic rings. The topological polar surface area (TPSA) is 185 Å². The smallest absolute Gasteiger partial charge is 0.322 e. The summed E-state index contributed by atoms with van der Waals surface area (Å²) < 4.78 is 10.3. The molecule has 14 nitrogen and oxygen atoms in total. The van der Waals surface area contributed by atoms with Crippen LogP contribution in [0, 0.1) is 20.8 Å². The number of nitrogens with zero attached hydrogens (tertiary/aromatic N) is 5. The van der Waals surface area contributed by atoms with Crippen LogP contribution in [0.3, 0.4) is 0 Å². The summed E-state index contributed by atoms with van der Waals surface area (Å²) in [7, 11) is 0. The standard InChI is InChI=1S/C16H18N4O3.C13H13N4O3.Y/c1-11-6-5-7-12(10-11)13(21)17-16-19-18-14(23-16)15(22)20-8-3-2-4-9-20;1-3-14-11(19)12-16-17-13(20-12)15-10(18)9-6-4-5-8(2)7-9;/h5-7,10H,2-4,8-9H2,1H3,(H,17,19,21);4-7H,1,3H2,2H3,(H,14,19)(H,15,17,18);/q;-1;. The van der Waals surface area contributed by atoms with Crippen molar-refractivity contribution in [2.24, 2.45) is 0 Å². The molecule has 0 atom stereocenters. The van der Waals surface area contributed by atoms with Crippen LogP contribution in [-0.2, 0) is 32.7 Å². The van der Waals surface area contributed by atoms with E-state index in [1.807, 2.05) is 26.0 Å². The van der Waals surface area contributed by atoms with Crippen molar-refractivity contribution in [3.8, 4) is 0 Å². The van der Waals surface area contributed by atoms with E-state index in [1.54, 1.807) is 41.3 Å². The van der Waals surface area contributed by atoms with Crippen LogP contribution in [0.25, 0.3) is 0 Å². The van der Waals surface area contributed by atoms with Crippen molar-refractivity contribution >= 4 is 35.7 Å². The van der Waals surface area contributed by atoms with Gasteiger partial charge in [0.2, 0.25) is 0 Å². The van der Waals surface area contributed by atoms with Crippen molar-refractivity contribution in [1.82, 2.24) is 30.6 Å². The van der Waals surface area contributed by atoms with Crippen molar-refractivity contribution in [3.05, 3.63) is 89.5 Å². The van der Waals surface area contributed by atoms with Crippen LogP contribution in [0.15, 0.2) is 57.4 Å². The number of aryl methyl sites for hydroxylation is 2. The maximum atomic E-state index is 12.2. The molecule has 3 N–H and O–H groups in total. The summed E-state index contributed by atoms with van der Waals surface area (Å²) >= 11 is 0. The minimum Gasteiger partial charge on any atom is -0.399 e. The second-order valence-electron chi connectivity index (χ2n) is 9.58. The summed E-state index contributed by atoms with van der Waals surface area (Å²) in [6.07, 6.45) is 3.10. The summed E-state index contributed by atoms with van der Waals surface area (Å²) in [4.78, 5) is 49.4. The Morgan fingerprint density at radius 2 is 1.25 bits per heavy atom. The minimum atomic E-state index is -0.538. The zero-order valence-corrected chi connectivity index (χ0v) is 27.2. The number of anilines is 2. The Hall–Kier alpha value is -4.30. The van der Waals surface area contributed by atoms with E-state index in [2.05, 4.69) is 43.3 Å². The molecule has 0 aliphatic carbocycles. The number of carbonyl (C=O) groups is 4. The number of piperidine rings is 1. The van der Waals surface area contributed by atoms with Gasteiger partial charge in [-0.3, -0.25) is 29.8 Å². The van der Waals surface area contributed by atoms with Crippen LogP contribution >= 0.6 is 0 Å². The molecule has 1 radical (unpaired) electrons. The van der Waals surface area contributed by atoms with Gasteiger partial charge in [-0.1, -0.05) is 45.6 Å². The maximum Gasteiger partial charge on any atom is 0.322 e. The number of rotatable bonds is 7. The summed E-state index contributed by atoms with van der Waals surface area (Å²) in [5.41, 5.74) is 2.89. The number of aromatic nitrogens is 4. The number of nitrogens with one attached hydrogen (secondary N) is 3. The fourth-order valence-electron chi connectivity index (χ4n) is 4.06. The third-order valence-electron chi connectivity index (χ3n) is 6.16. The Kier molecular flexibility index (Phi) is 12.8. The Balaban J connectivity index is 0.000000238. The van der Waals surface area contributed by atoms with E-state index >= 15 is 0 Å². The molecule has 2 aromatic heterocycles. The molecule has 1 fully saturated rings. The zero-order chi connectivity index (χ0) is 30.8. The molecule has 2 aromatic carbocycles. The molecule has 44 heavy (non-hydrogen) atoms. The molecular formula is C29H31N8O6Y-. The van der Waals surface area contributed by atoms with Crippen molar-refractivity contribution in [1.29, 1.82) is 0 Å². The second-order valence-corrected chi connectivity index (χ2v) is 9.58. The number of benzene rings is 2. The van der Waals surface area contributed by atoms with E-state index in [-0.39, 0.29) is 80.8 Å².